The molecule has 1 atom stereocenters. The molecule has 1 aliphatic heterocycles. The zero-order valence-electron chi connectivity index (χ0n) is 19.4. The van der Waals surface area contributed by atoms with Crippen molar-refractivity contribution in [2.24, 2.45) is 0 Å². The second-order valence-corrected chi connectivity index (χ2v) is 8.43. The molecule has 0 amide bonds. The maximum absolute atomic E-state index is 11.0. The summed E-state index contributed by atoms with van der Waals surface area (Å²) in [5, 5.41) is 15.6. The van der Waals surface area contributed by atoms with Crippen LogP contribution in [0.3, 0.4) is 0 Å². The normalized spacial score (nSPS) is 16.3. The van der Waals surface area contributed by atoms with E-state index in [2.05, 4.69) is 33.4 Å². The van der Waals surface area contributed by atoms with Gasteiger partial charge in [0.25, 0.3) is 0 Å². The van der Waals surface area contributed by atoms with Crippen LogP contribution in [0.25, 0.3) is 17.0 Å². The zero-order valence-corrected chi connectivity index (χ0v) is 19.4. The summed E-state index contributed by atoms with van der Waals surface area (Å²) in [6.45, 7) is 3.39. The largest absolute Gasteiger partial charge is 0.497 e. The number of pyridine rings is 1. The van der Waals surface area contributed by atoms with Crippen LogP contribution in [0, 0.1) is 0 Å². The molecule has 6 nitrogen and oxygen atoms in total. The van der Waals surface area contributed by atoms with E-state index in [4.69, 9.17) is 9.47 Å². The number of ether oxygens (including phenoxy) is 2. The maximum atomic E-state index is 11.0. The van der Waals surface area contributed by atoms with E-state index in [9.17, 15) is 5.11 Å². The molecule has 33 heavy (non-hydrogen) atoms. The van der Waals surface area contributed by atoms with Crippen molar-refractivity contribution in [1.29, 1.82) is 0 Å². The fourth-order valence-corrected chi connectivity index (χ4v) is 4.45. The Hall–Kier alpha value is -2.93. The summed E-state index contributed by atoms with van der Waals surface area (Å²) in [6, 6.07) is 16.2. The number of para-hydroxylation sites is 1. The van der Waals surface area contributed by atoms with Crippen molar-refractivity contribution in [3.05, 3.63) is 71.9 Å². The Morgan fingerprint density at radius 1 is 1.12 bits per heavy atom. The predicted octanol–water partition coefficient (Wildman–Crippen LogP) is 4.05. The molecule has 0 unspecified atom stereocenters. The van der Waals surface area contributed by atoms with E-state index in [1.165, 1.54) is 0 Å². The van der Waals surface area contributed by atoms with Crippen molar-refractivity contribution in [1.82, 2.24) is 15.2 Å². The second kappa shape index (κ2) is 11.3. The van der Waals surface area contributed by atoms with Crippen LogP contribution < -0.4 is 14.8 Å². The van der Waals surface area contributed by atoms with Gasteiger partial charge >= 0.3 is 0 Å². The van der Waals surface area contributed by atoms with E-state index < -0.39 is 6.10 Å². The number of benzene rings is 2. The number of nitrogens with one attached hydrogen (secondary N) is 1. The van der Waals surface area contributed by atoms with Gasteiger partial charge in [-0.3, -0.25) is 4.98 Å². The number of aliphatic hydroxyl groups is 1. The molecule has 0 aliphatic carbocycles. The van der Waals surface area contributed by atoms with Crippen LogP contribution >= 0.6 is 0 Å². The number of aliphatic hydroxyl groups excluding tert-OH is 1. The monoisotopic (exact) mass is 447 g/mol. The summed E-state index contributed by atoms with van der Waals surface area (Å²) in [6.07, 6.45) is 7.60. The zero-order chi connectivity index (χ0) is 23.0. The van der Waals surface area contributed by atoms with Crippen molar-refractivity contribution >= 4 is 17.0 Å². The number of methoxy groups -OCH3 is 2. The predicted molar refractivity (Wildman–Crippen MR) is 133 cm³/mol. The van der Waals surface area contributed by atoms with E-state index in [0.717, 1.165) is 66.0 Å². The topological polar surface area (TPSA) is 66.9 Å². The lowest BCUT2D eigenvalue weighted by atomic mass is 10.0. The lowest BCUT2D eigenvalue weighted by Gasteiger charge is -2.33. The quantitative estimate of drug-likeness (QED) is 0.516. The molecule has 1 fully saturated rings. The molecule has 3 aromatic rings. The van der Waals surface area contributed by atoms with Gasteiger partial charge in [0, 0.05) is 36.3 Å². The molecule has 0 bridgehead atoms. The van der Waals surface area contributed by atoms with E-state index in [-0.39, 0.29) is 0 Å². The summed E-state index contributed by atoms with van der Waals surface area (Å²) in [7, 11) is 3.35. The highest BCUT2D eigenvalue weighted by atomic mass is 16.5. The van der Waals surface area contributed by atoms with Gasteiger partial charge in [-0.15, -0.1) is 0 Å². The Morgan fingerprint density at radius 2 is 1.94 bits per heavy atom. The summed E-state index contributed by atoms with van der Waals surface area (Å²) >= 11 is 0. The summed E-state index contributed by atoms with van der Waals surface area (Å²) in [4.78, 5) is 6.77. The van der Waals surface area contributed by atoms with Crippen LogP contribution in [0.1, 0.15) is 30.1 Å². The number of likely N-dealkylation sites (tertiary alicyclic amines) is 1. The van der Waals surface area contributed by atoms with Gasteiger partial charge in [0.15, 0.2) is 0 Å². The van der Waals surface area contributed by atoms with Crippen LogP contribution in [-0.4, -0.2) is 61.4 Å². The Kier molecular flexibility index (Phi) is 7.94. The summed E-state index contributed by atoms with van der Waals surface area (Å²) < 4.78 is 10.8. The highest BCUT2D eigenvalue weighted by Gasteiger charge is 2.22. The van der Waals surface area contributed by atoms with Crippen molar-refractivity contribution in [3.63, 3.8) is 0 Å². The first-order valence-corrected chi connectivity index (χ1v) is 11.5. The first-order valence-electron chi connectivity index (χ1n) is 11.5. The molecular formula is C27H33N3O3. The third kappa shape index (κ3) is 5.90. The Morgan fingerprint density at radius 3 is 2.73 bits per heavy atom. The lowest BCUT2D eigenvalue weighted by Crippen LogP contribution is -2.43. The van der Waals surface area contributed by atoms with Gasteiger partial charge in [-0.25, -0.2) is 0 Å². The number of rotatable bonds is 9. The molecule has 1 aromatic heterocycles. The van der Waals surface area contributed by atoms with Gasteiger partial charge in [0.05, 0.1) is 25.8 Å². The van der Waals surface area contributed by atoms with Crippen molar-refractivity contribution in [2.45, 2.75) is 25.0 Å². The molecule has 0 radical (unpaired) electrons. The van der Waals surface area contributed by atoms with E-state index in [1.54, 1.807) is 20.4 Å². The number of aromatic nitrogens is 1. The van der Waals surface area contributed by atoms with Crippen molar-refractivity contribution < 1.29 is 14.6 Å². The summed E-state index contributed by atoms with van der Waals surface area (Å²) in [5.74, 6) is 1.66. The molecule has 1 saturated heterocycles. The number of hydrogen-bond donors (Lipinski definition) is 2. The third-order valence-electron chi connectivity index (χ3n) is 6.32. The molecule has 174 valence electrons. The fourth-order valence-electron chi connectivity index (χ4n) is 4.45. The molecule has 4 rings (SSSR count). The minimum atomic E-state index is -0.559. The van der Waals surface area contributed by atoms with Crippen molar-refractivity contribution in [3.8, 4) is 11.5 Å². The SMILES string of the molecule is COc1ccc2nccc([C@@H](O)CN3CCC(NC/C=C/c4ccccc4OC)CC3)c2c1. The van der Waals surface area contributed by atoms with Crippen LogP contribution in [-0.2, 0) is 0 Å². The van der Waals surface area contributed by atoms with Crippen LogP contribution in [0.4, 0.5) is 0 Å². The smallest absolute Gasteiger partial charge is 0.126 e. The van der Waals surface area contributed by atoms with E-state index >= 15 is 0 Å². The Bertz CT molecular complexity index is 1080. The average molecular weight is 448 g/mol. The van der Waals surface area contributed by atoms with E-state index in [0.29, 0.717) is 12.6 Å². The lowest BCUT2D eigenvalue weighted by molar-refractivity contribution is 0.0955. The number of hydrogen-bond acceptors (Lipinski definition) is 6. The van der Waals surface area contributed by atoms with Gasteiger partial charge in [-0.1, -0.05) is 30.4 Å². The minimum absolute atomic E-state index is 0.492. The average Bonchev–Trinajstić information content (AvgIpc) is 2.87. The number of β-amino-alcohol motifs (C(OH)–C–C–N with tert-alkyl or cyclic N) is 1. The third-order valence-corrected chi connectivity index (χ3v) is 6.32. The molecular weight excluding hydrogens is 414 g/mol. The van der Waals surface area contributed by atoms with Crippen LogP contribution in [0.2, 0.25) is 0 Å². The molecule has 2 aromatic carbocycles. The van der Waals surface area contributed by atoms with Crippen LogP contribution in [0.15, 0.2) is 60.8 Å². The highest BCUT2D eigenvalue weighted by molar-refractivity contribution is 5.83. The van der Waals surface area contributed by atoms with Crippen LogP contribution in [0.5, 0.6) is 11.5 Å². The van der Waals surface area contributed by atoms with E-state index in [1.807, 2.05) is 42.5 Å². The molecule has 2 N–H and O–H groups in total. The van der Waals surface area contributed by atoms with Gasteiger partial charge in [0.1, 0.15) is 11.5 Å². The Labute approximate surface area is 195 Å². The number of piperidine rings is 1. The minimum Gasteiger partial charge on any atom is -0.497 e. The van der Waals surface area contributed by atoms with Gasteiger partial charge in [0.2, 0.25) is 0 Å². The standard InChI is InChI=1S/C27H33N3O3/c1-32-22-9-10-25-24(18-22)23(11-15-29-25)26(31)19-30-16-12-21(13-17-30)28-14-5-7-20-6-3-4-8-27(20)33-2/h3-11,15,18,21,26,28,31H,12-14,16-17,19H2,1-2H3/b7-5+/t26-/m0/s1. The first kappa shape index (κ1) is 23.2. The molecule has 0 saturated carbocycles. The number of fused-ring (bicyclic) bond motifs is 1. The van der Waals surface area contributed by atoms with Gasteiger partial charge in [-0.2, -0.15) is 0 Å². The van der Waals surface area contributed by atoms with Crippen molar-refractivity contribution in [2.75, 3.05) is 40.4 Å². The highest BCUT2D eigenvalue weighted by Crippen LogP contribution is 2.27. The van der Waals surface area contributed by atoms with Gasteiger partial charge in [-0.05, 0) is 61.8 Å². The molecule has 6 heteroatoms. The van der Waals surface area contributed by atoms with Gasteiger partial charge < -0.3 is 24.8 Å². The first-order chi connectivity index (χ1) is 16.2. The molecule has 1 aliphatic rings. The number of nitrogens with zero attached hydrogens (tertiary/aromatic N) is 2. The molecule has 0 spiro atoms. The molecule has 2 heterocycles. The Balaban J connectivity index is 1.26. The maximum Gasteiger partial charge on any atom is 0.126 e. The fraction of sp³-hybridized carbons (Fsp3) is 0.370. The second-order valence-electron chi connectivity index (χ2n) is 8.43. The summed E-state index contributed by atoms with van der Waals surface area (Å²) in [5.41, 5.74) is 2.86.